The Hall–Kier alpha value is -1.30. The van der Waals surface area contributed by atoms with Crippen molar-refractivity contribution < 1.29 is 19.0 Å². The van der Waals surface area contributed by atoms with Crippen molar-refractivity contribution in [2.45, 2.75) is 45.6 Å². The maximum Gasteiger partial charge on any atom is 0.256 e. The summed E-state index contributed by atoms with van der Waals surface area (Å²) in [6, 6.07) is 5.17. The fraction of sp³-hybridized carbons (Fsp3) is 0.611. The summed E-state index contributed by atoms with van der Waals surface area (Å²) in [6.45, 7) is 7.19. The van der Waals surface area contributed by atoms with Gasteiger partial charge in [0.25, 0.3) is 5.91 Å². The number of methoxy groups -OCH3 is 1. The Morgan fingerprint density at radius 3 is 2.62 bits per heavy atom. The van der Waals surface area contributed by atoms with Crippen LogP contribution in [0, 0.1) is 0 Å². The first-order chi connectivity index (χ1) is 11.5. The maximum absolute atomic E-state index is 12.6. The fourth-order valence-corrected chi connectivity index (χ4v) is 2.51. The van der Waals surface area contributed by atoms with E-state index in [9.17, 15) is 4.79 Å². The summed E-state index contributed by atoms with van der Waals surface area (Å²) in [5, 5.41) is 3.32. The van der Waals surface area contributed by atoms with Gasteiger partial charge in [-0.2, -0.15) is 0 Å². The molecule has 0 aromatic heterocycles. The van der Waals surface area contributed by atoms with Crippen LogP contribution in [-0.4, -0.2) is 38.4 Å². The molecule has 6 heteroatoms. The number of hydrogen-bond donors (Lipinski definition) is 1. The van der Waals surface area contributed by atoms with Gasteiger partial charge in [-0.25, -0.2) is 0 Å². The number of nitrogens with one attached hydrogen (secondary N) is 1. The summed E-state index contributed by atoms with van der Waals surface area (Å²) in [5.74, 6) is 0.396. The summed E-state index contributed by atoms with van der Waals surface area (Å²) >= 11 is 6.20. The fourth-order valence-electron chi connectivity index (χ4n) is 2.28. The number of rotatable bonds is 11. The van der Waals surface area contributed by atoms with E-state index >= 15 is 0 Å². The Balaban J connectivity index is 2.76. The Labute approximate surface area is 149 Å². The summed E-state index contributed by atoms with van der Waals surface area (Å²) < 4.78 is 16.1. The van der Waals surface area contributed by atoms with Crippen LogP contribution in [0.25, 0.3) is 0 Å². The van der Waals surface area contributed by atoms with E-state index in [0.717, 1.165) is 12.8 Å². The molecule has 0 radical (unpaired) electrons. The predicted octanol–water partition coefficient (Wildman–Crippen LogP) is 4.29. The lowest BCUT2D eigenvalue weighted by Crippen LogP contribution is -2.42. The van der Waals surface area contributed by atoms with E-state index in [1.807, 2.05) is 13.8 Å². The average Bonchev–Trinajstić information content (AvgIpc) is 2.55. The molecule has 1 amide bonds. The van der Waals surface area contributed by atoms with Crippen molar-refractivity contribution in [3.8, 4) is 5.75 Å². The van der Waals surface area contributed by atoms with Crippen molar-refractivity contribution in [2.75, 3.05) is 32.2 Å². The minimum Gasteiger partial charge on any atom is -0.490 e. The number of amides is 1. The van der Waals surface area contributed by atoms with Crippen LogP contribution >= 0.6 is 11.6 Å². The third kappa shape index (κ3) is 6.30. The number of carbonyl (C=O) groups excluding carboxylic acids is 1. The number of hydrogen-bond acceptors (Lipinski definition) is 4. The highest BCUT2D eigenvalue weighted by atomic mass is 35.5. The zero-order valence-corrected chi connectivity index (χ0v) is 15.7. The van der Waals surface area contributed by atoms with Gasteiger partial charge in [0.05, 0.1) is 11.6 Å². The molecule has 0 spiro atoms. The van der Waals surface area contributed by atoms with Crippen LogP contribution in [0.4, 0.5) is 5.69 Å². The summed E-state index contributed by atoms with van der Waals surface area (Å²) in [7, 11) is 1.61. The Kier molecular flexibility index (Phi) is 9.11. The topological polar surface area (TPSA) is 56.8 Å². The first kappa shape index (κ1) is 20.7. The van der Waals surface area contributed by atoms with Gasteiger partial charge < -0.3 is 19.5 Å². The Morgan fingerprint density at radius 1 is 1.29 bits per heavy atom. The lowest BCUT2D eigenvalue weighted by atomic mass is 9.97. The third-order valence-electron chi connectivity index (χ3n) is 3.69. The molecule has 1 aromatic carbocycles. The van der Waals surface area contributed by atoms with Crippen LogP contribution in [0.15, 0.2) is 18.2 Å². The van der Waals surface area contributed by atoms with Crippen LogP contribution in [-0.2, 0) is 14.3 Å². The molecule has 0 aliphatic heterocycles. The minimum atomic E-state index is -0.842. The Bertz CT molecular complexity index is 524. The number of benzene rings is 1. The van der Waals surface area contributed by atoms with Crippen molar-refractivity contribution in [3.05, 3.63) is 23.2 Å². The molecule has 1 aromatic rings. The van der Waals surface area contributed by atoms with Crippen LogP contribution in [0.5, 0.6) is 5.75 Å². The summed E-state index contributed by atoms with van der Waals surface area (Å²) in [4.78, 5) is 12.6. The molecule has 0 aliphatic rings. The molecule has 1 rings (SSSR count). The van der Waals surface area contributed by atoms with Gasteiger partial charge in [-0.15, -0.1) is 0 Å². The Morgan fingerprint density at radius 2 is 2.04 bits per heavy atom. The quantitative estimate of drug-likeness (QED) is 0.600. The molecule has 0 heterocycles. The standard InChI is InChI=1S/C18H28ClNO4/c1-5-7-10-18(3,24-6-2)17(21)20-14-8-9-16(15(19)13-14)23-12-11-22-4/h8-9,13H,5-7,10-12H2,1-4H3,(H,20,21)/t18-/m1/s1. The number of halogens is 1. The minimum absolute atomic E-state index is 0.165. The second-order valence-corrected chi connectivity index (χ2v) is 6.12. The van der Waals surface area contributed by atoms with Gasteiger partial charge >= 0.3 is 0 Å². The molecule has 136 valence electrons. The lowest BCUT2D eigenvalue weighted by molar-refractivity contribution is -0.139. The van der Waals surface area contributed by atoms with Gasteiger partial charge in [0.15, 0.2) is 0 Å². The van der Waals surface area contributed by atoms with Gasteiger partial charge in [-0.05, 0) is 38.5 Å². The van der Waals surface area contributed by atoms with Crippen molar-refractivity contribution in [1.82, 2.24) is 0 Å². The molecular weight excluding hydrogens is 330 g/mol. The highest BCUT2D eigenvalue weighted by Gasteiger charge is 2.33. The molecule has 0 unspecified atom stereocenters. The SMILES string of the molecule is CCCC[C@@](C)(OCC)C(=O)Nc1ccc(OCCOC)c(Cl)c1. The van der Waals surface area contributed by atoms with Crippen LogP contribution in [0.2, 0.25) is 5.02 Å². The van der Waals surface area contributed by atoms with Gasteiger partial charge in [-0.1, -0.05) is 31.4 Å². The molecule has 0 aliphatic carbocycles. The van der Waals surface area contributed by atoms with Gasteiger partial charge in [0, 0.05) is 19.4 Å². The second-order valence-electron chi connectivity index (χ2n) is 5.71. The zero-order chi connectivity index (χ0) is 18.0. The monoisotopic (exact) mass is 357 g/mol. The van der Waals surface area contributed by atoms with E-state index in [1.54, 1.807) is 25.3 Å². The van der Waals surface area contributed by atoms with Crippen molar-refractivity contribution >= 4 is 23.2 Å². The smallest absolute Gasteiger partial charge is 0.256 e. The molecule has 24 heavy (non-hydrogen) atoms. The van der Waals surface area contributed by atoms with Crippen LogP contribution < -0.4 is 10.1 Å². The van der Waals surface area contributed by atoms with E-state index < -0.39 is 5.60 Å². The third-order valence-corrected chi connectivity index (χ3v) is 3.98. The number of unbranched alkanes of at least 4 members (excludes halogenated alkanes) is 1. The first-order valence-electron chi connectivity index (χ1n) is 8.33. The van der Waals surface area contributed by atoms with E-state index in [2.05, 4.69) is 12.2 Å². The van der Waals surface area contributed by atoms with Crippen molar-refractivity contribution in [3.63, 3.8) is 0 Å². The lowest BCUT2D eigenvalue weighted by Gasteiger charge is -2.28. The molecule has 0 saturated carbocycles. The molecule has 1 atom stereocenters. The molecular formula is C18H28ClNO4. The normalized spacial score (nSPS) is 13.4. The van der Waals surface area contributed by atoms with Crippen molar-refractivity contribution in [2.24, 2.45) is 0 Å². The number of anilines is 1. The van der Waals surface area contributed by atoms with Crippen LogP contribution in [0.1, 0.15) is 40.0 Å². The van der Waals surface area contributed by atoms with Gasteiger partial charge in [0.2, 0.25) is 0 Å². The highest BCUT2D eigenvalue weighted by molar-refractivity contribution is 6.32. The largest absolute Gasteiger partial charge is 0.490 e. The van der Waals surface area contributed by atoms with Gasteiger partial charge in [0.1, 0.15) is 18.0 Å². The van der Waals surface area contributed by atoms with Crippen molar-refractivity contribution in [1.29, 1.82) is 0 Å². The summed E-state index contributed by atoms with van der Waals surface area (Å²) in [6.07, 6.45) is 2.61. The van der Waals surface area contributed by atoms with E-state index in [-0.39, 0.29) is 5.91 Å². The molecule has 0 fully saturated rings. The maximum atomic E-state index is 12.6. The molecule has 0 saturated heterocycles. The van der Waals surface area contributed by atoms with E-state index in [4.69, 9.17) is 25.8 Å². The number of ether oxygens (including phenoxy) is 3. The zero-order valence-electron chi connectivity index (χ0n) is 15.0. The molecule has 0 bridgehead atoms. The highest BCUT2D eigenvalue weighted by Crippen LogP contribution is 2.29. The van der Waals surface area contributed by atoms with Gasteiger partial charge in [-0.3, -0.25) is 4.79 Å². The summed E-state index contributed by atoms with van der Waals surface area (Å²) in [5.41, 5.74) is -0.225. The first-order valence-corrected chi connectivity index (χ1v) is 8.71. The average molecular weight is 358 g/mol. The predicted molar refractivity (Wildman–Crippen MR) is 97.0 cm³/mol. The van der Waals surface area contributed by atoms with E-state index in [1.165, 1.54) is 0 Å². The molecule has 5 nitrogen and oxygen atoms in total. The molecule has 1 N–H and O–H groups in total. The van der Waals surface area contributed by atoms with E-state index in [0.29, 0.717) is 42.7 Å². The van der Waals surface area contributed by atoms with Crippen LogP contribution in [0.3, 0.4) is 0 Å². The number of carbonyl (C=O) groups is 1. The second kappa shape index (κ2) is 10.5.